The van der Waals surface area contributed by atoms with Gasteiger partial charge < -0.3 is 9.47 Å². The van der Waals surface area contributed by atoms with Crippen LogP contribution >= 0.6 is 0 Å². The van der Waals surface area contributed by atoms with Crippen LogP contribution in [0.5, 0.6) is 11.5 Å². The summed E-state index contributed by atoms with van der Waals surface area (Å²) < 4.78 is 12.1. The second-order valence-electron chi connectivity index (χ2n) is 22.1. The fourth-order valence-electron chi connectivity index (χ4n) is 13.2. The van der Waals surface area contributed by atoms with E-state index < -0.39 is 0 Å². The van der Waals surface area contributed by atoms with E-state index in [2.05, 4.69) is 272 Å². The lowest BCUT2D eigenvalue weighted by Crippen LogP contribution is -2.15. The second kappa shape index (κ2) is 18.1. The standard InChI is InChI=1S/C75H58O2/c1-45(2)76-51-37-31-47(32-38-51)69-55-19-7-9-21-57(55)71(58-22-10-8-20-56(58)69)49-35-41-53-54-42-36-50(44-68(54)75(5,6)67(53)43-49)72-61-25-13-17-29-65(61)74(66-30-18-14-26-62(66)72)73-63-27-15-11-23-59(63)70(60-24-12-16-28-64(60)73)48-33-39-52(40-34-48)77-46(3)4/h7-46H,1-6H3. The monoisotopic (exact) mass is 990 g/mol. The van der Waals surface area contributed by atoms with Crippen LogP contribution in [-0.2, 0) is 5.41 Å². The van der Waals surface area contributed by atoms with E-state index in [1.54, 1.807) is 0 Å². The number of hydrogen-bond acceptors (Lipinski definition) is 2. The molecule has 1 aliphatic rings. The maximum absolute atomic E-state index is 6.09. The third kappa shape index (κ3) is 7.45. The summed E-state index contributed by atoms with van der Waals surface area (Å²) in [5.74, 6) is 1.77. The highest BCUT2D eigenvalue weighted by Crippen LogP contribution is 2.55. The SMILES string of the molecule is CC(C)Oc1ccc(-c2c3ccccc3c(-c3ccc4c(c3)C(C)(C)c3cc(-c5c6ccccc6c(-c6c7ccccc7c(-c7ccc(OC(C)C)cc7)c7ccccc67)c6ccccc56)ccc3-4)c3ccccc23)cc1. The zero-order chi connectivity index (χ0) is 52.1. The van der Waals surface area contributed by atoms with Crippen LogP contribution in [0.1, 0.15) is 52.7 Å². The molecule has 0 saturated carbocycles. The molecule has 2 nitrogen and oxygen atoms in total. The molecule has 0 spiro atoms. The Labute approximate surface area is 450 Å². The molecule has 0 N–H and O–H groups in total. The summed E-state index contributed by atoms with van der Waals surface area (Å²) in [5.41, 5.74) is 17.4. The fourth-order valence-corrected chi connectivity index (χ4v) is 13.2. The van der Waals surface area contributed by atoms with Gasteiger partial charge in [-0.2, -0.15) is 0 Å². The van der Waals surface area contributed by atoms with Gasteiger partial charge in [0.1, 0.15) is 11.5 Å². The van der Waals surface area contributed by atoms with Crippen molar-refractivity contribution in [3.05, 3.63) is 242 Å². The van der Waals surface area contributed by atoms with Crippen LogP contribution in [0.25, 0.3) is 131 Å². The summed E-state index contributed by atoms with van der Waals surface area (Å²) in [7, 11) is 0. The van der Waals surface area contributed by atoms with Gasteiger partial charge in [-0.25, -0.2) is 0 Å². The van der Waals surface area contributed by atoms with Crippen molar-refractivity contribution >= 4 is 64.6 Å². The van der Waals surface area contributed by atoms with Crippen molar-refractivity contribution in [1.29, 1.82) is 0 Å². The van der Waals surface area contributed by atoms with Crippen LogP contribution in [0.4, 0.5) is 0 Å². The van der Waals surface area contributed by atoms with Gasteiger partial charge in [0.15, 0.2) is 0 Å². The molecule has 0 radical (unpaired) electrons. The van der Waals surface area contributed by atoms with E-state index in [1.807, 2.05) is 0 Å². The molecule has 14 rings (SSSR count). The van der Waals surface area contributed by atoms with Crippen LogP contribution in [0, 0.1) is 0 Å². The molecule has 0 saturated heterocycles. The lowest BCUT2D eigenvalue weighted by atomic mass is 9.79. The van der Waals surface area contributed by atoms with Crippen LogP contribution in [-0.4, -0.2) is 12.2 Å². The molecule has 0 amide bonds. The van der Waals surface area contributed by atoms with Crippen LogP contribution in [0.2, 0.25) is 0 Å². The van der Waals surface area contributed by atoms with Crippen molar-refractivity contribution in [2.24, 2.45) is 0 Å². The minimum Gasteiger partial charge on any atom is -0.491 e. The molecule has 0 bridgehead atoms. The summed E-state index contributed by atoms with van der Waals surface area (Å²) in [6.45, 7) is 13.1. The topological polar surface area (TPSA) is 18.5 Å². The molecule has 0 atom stereocenters. The number of hydrogen-bond donors (Lipinski definition) is 0. The smallest absolute Gasteiger partial charge is 0.119 e. The third-order valence-electron chi connectivity index (χ3n) is 16.3. The molecule has 1 aliphatic carbocycles. The first kappa shape index (κ1) is 46.5. The number of ether oxygens (including phenoxy) is 2. The predicted molar refractivity (Wildman–Crippen MR) is 328 cm³/mol. The van der Waals surface area contributed by atoms with E-state index in [9.17, 15) is 0 Å². The van der Waals surface area contributed by atoms with Crippen molar-refractivity contribution in [2.75, 3.05) is 0 Å². The lowest BCUT2D eigenvalue weighted by Gasteiger charge is -2.24. The molecule has 0 aromatic heterocycles. The van der Waals surface area contributed by atoms with Gasteiger partial charge in [-0.05, 0) is 207 Å². The van der Waals surface area contributed by atoms with Crippen LogP contribution in [0.3, 0.4) is 0 Å². The molecule has 13 aromatic rings. The Morgan fingerprint density at radius 2 is 0.481 bits per heavy atom. The predicted octanol–water partition coefficient (Wildman–Crippen LogP) is 20.8. The Morgan fingerprint density at radius 3 is 0.727 bits per heavy atom. The Kier molecular flexibility index (Phi) is 10.9. The molecule has 0 heterocycles. The van der Waals surface area contributed by atoms with Gasteiger partial charge in [-0.15, -0.1) is 0 Å². The van der Waals surface area contributed by atoms with E-state index in [0.29, 0.717) is 0 Å². The van der Waals surface area contributed by atoms with Crippen molar-refractivity contribution in [1.82, 2.24) is 0 Å². The number of benzene rings is 13. The quantitative estimate of drug-likeness (QED) is 0.134. The summed E-state index contributed by atoms with van der Waals surface area (Å²) in [4.78, 5) is 0. The third-order valence-corrected chi connectivity index (χ3v) is 16.3. The van der Waals surface area contributed by atoms with E-state index in [0.717, 1.165) is 11.5 Å². The summed E-state index contributed by atoms with van der Waals surface area (Å²) in [6, 6.07) is 86.0. The minimum absolute atomic E-state index is 0.110. The Balaban J connectivity index is 0.920. The fraction of sp³-hybridized carbons (Fsp3) is 0.120. The van der Waals surface area contributed by atoms with Gasteiger partial charge in [-0.3, -0.25) is 0 Å². The first-order chi connectivity index (χ1) is 37.6. The molecular weight excluding hydrogens is 933 g/mol. The first-order valence-corrected chi connectivity index (χ1v) is 27.3. The van der Waals surface area contributed by atoms with Crippen molar-refractivity contribution in [3.8, 4) is 78.3 Å². The van der Waals surface area contributed by atoms with Gasteiger partial charge >= 0.3 is 0 Å². The molecule has 13 aromatic carbocycles. The average Bonchev–Trinajstić information content (AvgIpc) is 3.95. The van der Waals surface area contributed by atoms with Gasteiger partial charge in [0.25, 0.3) is 0 Å². The Hall–Kier alpha value is -8.98. The lowest BCUT2D eigenvalue weighted by molar-refractivity contribution is 0.242. The zero-order valence-electron chi connectivity index (χ0n) is 44.4. The number of rotatable bonds is 9. The van der Waals surface area contributed by atoms with E-state index >= 15 is 0 Å². The normalized spacial score (nSPS) is 12.9. The molecule has 370 valence electrons. The molecule has 2 heteroatoms. The van der Waals surface area contributed by atoms with Gasteiger partial charge in [0, 0.05) is 5.41 Å². The highest BCUT2D eigenvalue weighted by Gasteiger charge is 2.37. The molecule has 0 aliphatic heterocycles. The van der Waals surface area contributed by atoms with E-state index in [-0.39, 0.29) is 17.6 Å². The van der Waals surface area contributed by atoms with E-state index in [4.69, 9.17) is 9.47 Å². The van der Waals surface area contributed by atoms with Crippen LogP contribution in [0.15, 0.2) is 231 Å². The summed E-state index contributed by atoms with van der Waals surface area (Å²) in [6.07, 6.45) is 0.228. The Morgan fingerprint density at radius 1 is 0.260 bits per heavy atom. The maximum atomic E-state index is 6.09. The zero-order valence-corrected chi connectivity index (χ0v) is 44.4. The van der Waals surface area contributed by atoms with Gasteiger partial charge in [0.05, 0.1) is 12.2 Å². The largest absolute Gasteiger partial charge is 0.491 e. The van der Waals surface area contributed by atoms with Crippen molar-refractivity contribution in [3.63, 3.8) is 0 Å². The summed E-state index contributed by atoms with van der Waals surface area (Å²) >= 11 is 0. The Bertz CT molecular complexity index is 4350. The van der Waals surface area contributed by atoms with Crippen molar-refractivity contribution < 1.29 is 9.47 Å². The van der Waals surface area contributed by atoms with Crippen LogP contribution < -0.4 is 9.47 Å². The molecule has 0 unspecified atom stereocenters. The molecular formula is C75H58O2. The molecule has 0 fully saturated rings. The number of fused-ring (bicyclic) bond motifs is 9. The highest BCUT2D eigenvalue weighted by atomic mass is 16.5. The minimum atomic E-state index is -0.269. The second-order valence-corrected chi connectivity index (χ2v) is 22.1. The van der Waals surface area contributed by atoms with Gasteiger partial charge in [-0.1, -0.05) is 208 Å². The van der Waals surface area contributed by atoms with Crippen molar-refractivity contribution in [2.45, 2.75) is 59.2 Å². The van der Waals surface area contributed by atoms with E-state index in [1.165, 1.54) is 143 Å². The highest BCUT2D eigenvalue weighted by molar-refractivity contribution is 6.30. The average molecular weight is 991 g/mol. The van der Waals surface area contributed by atoms with Gasteiger partial charge in [0.2, 0.25) is 0 Å². The molecule has 77 heavy (non-hydrogen) atoms. The maximum Gasteiger partial charge on any atom is 0.119 e. The first-order valence-electron chi connectivity index (χ1n) is 27.3. The summed E-state index contributed by atoms with van der Waals surface area (Å²) in [5, 5.41) is 14.9.